The molecule has 1 aromatic carbocycles. The van der Waals surface area contributed by atoms with Crippen molar-refractivity contribution in [1.82, 2.24) is 14.5 Å². The van der Waals surface area contributed by atoms with Crippen LogP contribution >= 0.6 is 23.4 Å². The summed E-state index contributed by atoms with van der Waals surface area (Å²) >= 11 is 7.53. The number of halogens is 1. The van der Waals surface area contributed by atoms with Crippen molar-refractivity contribution >= 4 is 34.3 Å². The fraction of sp³-hybridized carbons (Fsp3) is 0.143. The number of aliphatic hydroxyl groups is 1. The monoisotopic (exact) mass is 305 g/mol. The highest BCUT2D eigenvalue weighted by atomic mass is 35.5. The van der Waals surface area contributed by atoms with Crippen LogP contribution in [0.15, 0.2) is 46.7 Å². The molecule has 0 aliphatic rings. The van der Waals surface area contributed by atoms with E-state index in [2.05, 4.69) is 9.97 Å². The average molecular weight is 306 g/mol. The number of imidazole rings is 1. The van der Waals surface area contributed by atoms with Gasteiger partial charge in [0, 0.05) is 28.5 Å². The maximum absolute atomic E-state index is 9.21. The Labute approximate surface area is 125 Å². The van der Waals surface area contributed by atoms with E-state index in [0.717, 1.165) is 26.6 Å². The van der Waals surface area contributed by atoms with E-state index in [-0.39, 0.29) is 6.61 Å². The predicted molar refractivity (Wildman–Crippen MR) is 80.0 cm³/mol. The molecule has 0 radical (unpaired) electrons. The Hall–Kier alpha value is -1.56. The van der Waals surface area contributed by atoms with Crippen molar-refractivity contribution in [2.45, 2.75) is 16.7 Å². The molecule has 0 amide bonds. The molecular formula is C14H12ClN3OS. The summed E-state index contributed by atoms with van der Waals surface area (Å²) in [5.74, 6) is 0. The lowest BCUT2D eigenvalue weighted by molar-refractivity contribution is 0.271. The fourth-order valence-corrected chi connectivity index (χ4v) is 3.08. The predicted octanol–water partition coefficient (Wildman–Crippen LogP) is 3.27. The Balaban J connectivity index is 2.04. The Morgan fingerprint density at radius 2 is 2.15 bits per heavy atom. The zero-order chi connectivity index (χ0) is 14.1. The summed E-state index contributed by atoms with van der Waals surface area (Å²) < 4.78 is 1.88. The number of benzene rings is 1. The number of aliphatic hydroxyl groups excluding tert-OH is 1. The van der Waals surface area contributed by atoms with Crippen LogP contribution < -0.4 is 0 Å². The van der Waals surface area contributed by atoms with Gasteiger partial charge in [0.25, 0.3) is 0 Å². The minimum atomic E-state index is -0.0171. The summed E-state index contributed by atoms with van der Waals surface area (Å²) in [7, 11) is 1.89. The van der Waals surface area contributed by atoms with Crippen LogP contribution in [0.5, 0.6) is 0 Å². The van der Waals surface area contributed by atoms with E-state index in [1.54, 1.807) is 24.2 Å². The molecule has 0 aliphatic heterocycles. The second-order valence-corrected chi connectivity index (χ2v) is 5.77. The molecule has 3 aromatic rings. The molecule has 1 N–H and O–H groups in total. The van der Waals surface area contributed by atoms with Gasteiger partial charge in [-0.2, -0.15) is 0 Å². The molecule has 0 saturated heterocycles. The van der Waals surface area contributed by atoms with Crippen molar-refractivity contribution < 1.29 is 5.11 Å². The summed E-state index contributed by atoms with van der Waals surface area (Å²) in [5, 5.41) is 11.7. The third kappa shape index (κ3) is 2.40. The lowest BCUT2D eigenvalue weighted by Gasteiger charge is -2.07. The quantitative estimate of drug-likeness (QED) is 0.807. The topological polar surface area (TPSA) is 50.9 Å². The molecule has 2 heterocycles. The summed E-state index contributed by atoms with van der Waals surface area (Å²) in [6.45, 7) is -0.0171. The minimum absolute atomic E-state index is 0.0171. The van der Waals surface area contributed by atoms with Crippen molar-refractivity contribution in [3.63, 3.8) is 0 Å². The largest absolute Gasteiger partial charge is 0.390 e. The van der Waals surface area contributed by atoms with Gasteiger partial charge in [-0.1, -0.05) is 29.4 Å². The van der Waals surface area contributed by atoms with Gasteiger partial charge in [0.05, 0.1) is 24.0 Å². The van der Waals surface area contributed by atoms with Crippen molar-refractivity contribution in [1.29, 1.82) is 0 Å². The summed E-state index contributed by atoms with van der Waals surface area (Å²) in [5.41, 5.74) is 1.65. The second-order valence-electron chi connectivity index (χ2n) is 4.32. The molecule has 0 unspecified atom stereocenters. The Morgan fingerprint density at radius 1 is 1.30 bits per heavy atom. The van der Waals surface area contributed by atoms with Crippen LogP contribution in [-0.4, -0.2) is 19.6 Å². The van der Waals surface area contributed by atoms with E-state index in [1.165, 1.54) is 0 Å². The van der Waals surface area contributed by atoms with Gasteiger partial charge in [0.1, 0.15) is 0 Å². The van der Waals surface area contributed by atoms with Crippen LogP contribution in [0.3, 0.4) is 0 Å². The lowest BCUT2D eigenvalue weighted by atomic mass is 10.2. The molecule has 6 heteroatoms. The maximum atomic E-state index is 9.21. The van der Waals surface area contributed by atoms with Crippen LogP contribution in [0.25, 0.3) is 10.9 Å². The normalized spacial score (nSPS) is 11.2. The first-order chi connectivity index (χ1) is 9.69. The van der Waals surface area contributed by atoms with E-state index in [0.29, 0.717) is 5.02 Å². The van der Waals surface area contributed by atoms with Crippen LogP contribution in [0, 0.1) is 0 Å². The third-order valence-electron chi connectivity index (χ3n) is 3.07. The van der Waals surface area contributed by atoms with E-state index < -0.39 is 0 Å². The molecule has 102 valence electrons. The summed E-state index contributed by atoms with van der Waals surface area (Å²) in [4.78, 5) is 9.71. The van der Waals surface area contributed by atoms with Crippen LogP contribution in [0.2, 0.25) is 5.02 Å². The molecule has 0 bridgehead atoms. The highest BCUT2D eigenvalue weighted by Gasteiger charge is 2.10. The first-order valence-electron chi connectivity index (χ1n) is 6.02. The highest BCUT2D eigenvalue weighted by molar-refractivity contribution is 7.99. The zero-order valence-electron chi connectivity index (χ0n) is 10.7. The van der Waals surface area contributed by atoms with Crippen LogP contribution in [0.4, 0.5) is 0 Å². The molecule has 3 rings (SSSR count). The number of pyridine rings is 1. The molecule has 20 heavy (non-hydrogen) atoms. The zero-order valence-corrected chi connectivity index (χ0v) is 12.3. The van der Waals surface area contributed by atoms with E-state index in [4.69, 9.17) is 11.6 Å². The molecule has 0 saturated carbocycles. The maximum Gasteiger partial charge on any atom is 0.172 e. The van der Waals surface area contributed by atoms with Gasteiger partial charge in [0.15, 0.2) is 5.16 Å². The number of rotatable bonds is 3. The van der Waals surface area contributed by atoms with Crippen molar-refractivity contribution in [2.75, 3.05) is 0 Å². The number of hydrogen-bond acceptors (Lipinski definition) is 4. The Morgan fingerprint density at radius 3 is 2.90 bits per heavy atom. The number of aromatic nitrogens is 3. The van der Waals surface area contributed by atoms with Gasteiger partial charge in [-0.3, -0.25) is 4.98 Å². The highest BCUT2D eigenvalue weighted by Crippen LogP contribution is 2.32. The van der Waals surface area contributed by atoms with E-state index in [9.17, 15) is 5.11 Å². The Kier molecular flexibility index (Phi) is 3.65. The summed E-state index contributed by atoms with van der Waals surface area (Å²) in [6, 6.07) is 7.61. The van der Waals surface area contributed by atoms with Gasteiger partial charge in [0.2, 0.25) is 0 Å². The SMILES string of the molecule is Cn1c(CO)cnc1Sc1ccnc2cc(Cl)ccc12. The smallest absolute Gasteiger partial charge is 0.172 e. The first-order valence-corrected chi connectivity index (χ1v) is 7.22. The molecule has 4 nitrogen and oxygen atoms in total. The van der Waals surface area contributed by atoms with E-state index >= 15 is 0 Å². The third-order valence-corrected chi connectivity index (χ3v) is 4.44. The van der Waals surface area contributed by atoms with Gasteiger partial charge in [-0.05, 0) is 18.2 Å². The standard InChI is InChI=1S/C14H12ClN3OS/c1-18-10(8-19)7-17-14(18)20-13-4-5-16-12-6-9(15)2-3-11(12)13/h2-7,19H,8H2,1H3. The minimum Gasteiger partial charge on any atom is -0.390 e. The molecule has 0 spiro atoms. The number of nitrogens with zero attached hydrogens (tertiary/aromatic N) is 3. The first kappa shape index (κ1) is 13.4. The fourth-order valence-electron chi connectivity index (χ4n) is 1.95. The summed E-state index contributed by atoms with van der Waals surface area (Å²) in [6.07, 6.45) is 3.44. The molecule has 0 fully saturated rings. The second kappa shape index (κ2) is 5.44. The number of fused-ring (bicyclic) bond motifs is 1. The Bertz CT molecular complexity index is 772. The van der Waals surface area contributed by atoms with Crippen LogP contribution in [-0.2, 0) is 13.7 Å². The molecule has 0 atom stereocenters. The van der Waals surface area contributed by atoms with Gasteiger partial charge >= 0.3 is 0 Å². The van der Waals surface area contributed by atoms with Crippen molar-refractivity contribution in [2.24, 2.45) is 7.05 Å². The average Bonchev–Trinajstić information content (AvgIpc) is 2.79. The van der Waals surface area contributed by atoms with E-state index in [1.807, 2.05) is 35.9 Å². The molecular weight excluding hydrogens is 294 g/mol. The van der Waals surface area contributed by atoms with Gasteiger partial charge in [-0.15, -0.1) is 0 Å². The van der Waals surface area contributed by atoms with Gasteiger partial charge in [-0.25, -0.2) is 4.98 Å². The van der Waals surface area contributed by atoms with Crippen LogP contribution in [0.1, 0.15) is 5.69 Å². The number of hydrogen-bond donors (Lipinski definition) is 1. The molecule has 2 aromatic heterocycles. The van der Waals surface area contributed by atoms with Gasteiger partial charge < -0.3 is 9.67 Å². The molecule has 0 aliphatic carbocycles. The van der Waals surface area contributed by atoms with Crippen molar-refractivity contribution in [3.05, 3.63) is 47.4 Å². The van der Waals surface area contributed by atoms with Crippen molar-refractivity contribution in [3.8, 4) is 0 Å². The lowest BCUT2D eigenvalue weighted by Crippen LogP contribution is -1.97.